The zero-order valence-electron chi connectivity index (χ0n) is 10.7. The van der Waals surface area contributed by atoms with E-state index in [1.807, 2.05) is 0 Å². The summed E-state index contributed by atoms with van der Waals surface area (Å²) in [5.74, 6) is 2.17. The molecule has 0 aliphatic carbocycles. The molecular formula is C12H18Cl2N4. The molecule has 1 aliphatic rings. The highest BCUT2D eigenvalue weighted by atomic mass is 35.5. The van der Waals surface area contributed by atoms with E-state index in [1.54, 1.807) is 0 Å². The van der Waals surface area contributed by atoms with Gasteiger partial charge in [-0.3, -0.25) is 0 Å². The minimum Gasteiger partial charge on any atom is -0.354 e. The Labute approximate surface area is 118 Å². The molecule has 1 fully saturated rings. The average Bonchev–Trinajstić information content (AvgIpc) is 2.58. The zero-order valence-corrected chi connectivity index (χ0v) is 12.2. The van der Waals surface area contributed by atoms with E-state index in [4.69, 9.17) is 23.2 Å². The van der Waals surface area contributed by atoms with E-state index in [9.17, 15) is 0 Å². The molecule has 0 spiro atoms. The lowest BCUT2D eigenvalue weighted by Crippen LogP contribution is -2.26. The first kappa shape index (κ1) is 13.8. The molecule has 1 unspecified atom stereocenters. The van der Waals surface area contributed by atoms with Crippen molar-refractivity contribution in [3.8, 4) is 0 Å². The first-order valence-electron chi connectivity index (χ1n) is 6.38. The van der Waals surface area contributed by atoms with Crippen molar-refractivity contribution in [1.82, 2.24) is 15.2 Å². The number of anilines is 1. The smallest absolute Gasteiger partial charge is 0.245 e. The van der Waals surface area contributed by atoms with Crippen LogP contribution in [0.2, 0.25) is 10.4 Å². The van der Waals surface area contributed by atoms with Gasteiger partial charge in [0.15, 0.2) is 11.0 Å². The molecule has 0 saturated carbocycles. The van der Waals surface area contributed by atoms with E-state index >= 15 is 0 Å². The number of nitrogens with zero attached hydrogens (tertiary/aromatic N) is 4. The van der Waals surface area contributed by atoms with Crippen molar-refractivity contribution in [3.63, 3.8) is 0 Å². The Morgan fingerprint density at radius 1 is 1.17 bits per heavy atom. The monoisotopic (exact) mass is 288 g/mol. The molecule has 2 rings (SSSR count). The van der Waals surface area contributed by atoms with Gasteiger partial charge in [-0.25, -0.2) is 0 Å². The van der Waals surface area contributed by atoms with Gasteiger partial charge >= 0.3 is 0 Å². The molecule has 1 saturated heterocycles. The van der Waals surface area contributed by atoms with E-state index in [-0.39, 0.29) is 5.28 Å². The van der Waals surface area contributed by atoms with Crippen molar-refractivity contribution in [2.75, 3.05) is 18.0 Å². The molecule has 0 bridgehead atoms. The lowest BCUT2D eigenvalue weighted by atomic mass is 9.89. The number of hydrogen-bond acceptors (Lipinski definition) is 4. The third kappa shape index (κ3) is 3.23. The summed E-state index contributed by atoms with van der Waals surface area (Å²) in [6, 6.07) is 0. The van der Waals surface area contributed by atoms with Gasteiger partial charge in [0.05, 0.1) is 0 Å². The second-order valence-corrected chi connectivity index (χ2v) is 5.81. The molecule has 0 radical (unpaired) electrons. The molecule has 1 aromatic rings. The maximum atomic E-state index is 6.05. The quantitative estimate of drug-likeness (QED) is 0.836. The van der Waals surface area contributed by atoms with Crippen LogP contribution in [0.5, 0.6) is 0 Å². The van der Waals surface area contributed by atoms with Crippen LogP contribution in [0.3, 0.4) is 0 Å². The predicted molar refractivity (Wildman–Crippen MR) is 74.2 cm³/mol. The molecule has 2 heterocycles. The minimum absolute atomic E-state index is 0.152. The molecule has 1 atom stereocenters. The fourth-order valence-corrected chi connectivity index (χ4v) is 2.80. The first-order valence-corrected chi connectivity index (χ1v) is 7.14. The van der Waals surface area contributed by atoms with E-state index in [0.29, 0.717) is 11.0 Å². The second-order valence-electron chi connectivity index (χ2n) is 5.12. The van der Waals surface area contributed by atoms with E-state index < -0.39 is 0 Å². The molecule has 0 amide bonds. The van der Waals surface area contributed by atoms with Gasteiger partial charge in [0.2, 0.25) is 5.28 Å². The number of rotatable bonds is 2. The lowest BCUT2D eigenvalue weighted by molar-refractivity contribution is 0.351. The van der Waals surface area contributed by atoms with Crippen LogP contribution in [-0.2, 0) is 0 Å². The van der Waals surface area contributed by atoms with Gasteiger partial charge < -0.3 is 4.90 Å². The Bertz CT molecular complexity index is 411. The van der Waals surface area contributed by atoms with Crippen LogP contribution in [-0.4, -0.2) is 28.3 Å². The summed E-state index contributed by atoms with van der Waals surface area (Å²) in [7, 11) is 0. The standard InChI is InChI=1S/C12H18Cl2N4/c1-8(2)9-4-3-6-18(7-5-9)11-10(13)16-17-12(14)15-11/h8-9H,3-7H2,1-2H3. The molecule has 6 heteroatoms. The first-order chi connectivity index (χ1) is 8.58. The Balaban J connectivity index is 2.12. The van der Waals surface area contributed by atoms with E-state index in [0.717, 1.165) is 37.8 Å². The molecular weight excluding hydrogens is 271 g/mol. The van der Waals surface area contributed by atoms with Gasteiger partial charge in [-0.05, 0) is 42.7 Å². The number of halogens is 2. The van der Waals surface area contributed by atoms with Gasteiger partial charge in [0.1, 0.15) is 0 Å². The average molecular weight is 289 g/mol. The van der Waals surface area contributed by atoms with Crippen molar-refractivity contribution < 1.29 is 0 Å². The van der Waals surface area contributed by atoms with Crippen molar-refractivity contribution in [2.24, 2.45) is 11.8 Å². The summed E-state index contributed by atoms with van der Waals surface area (Å²) in [5.41, 5.74) is 0. The molecule has 100 valence electrons. The van der Waals surface area contributed by atoms with Gasteiger partial charge in [0.25, 0.3) is 0 Å². The minimum atomic E-state index is 0.152. The second kappa shape index (κ2) is 6.02. The zero-order chi connectivity index (χ0) is 13.1. The van der Waals surface area contributed by atoms with Crippen molar-refractivity contribution in [1.29, 1.82) is 0 Å². The number of hydrogen-bond donors (Lipinski definition) is 0. The highest BCUT2D eigenvalue weighted by Gasteiger charge is 2.22. The van der Waals surface area contributed by atoms with Gasteiger partial charge in [-0.2, -0.15) is 4.98 Å². The largest absolute Gasteiger partial charge is 0.354 e. The molecule has 1 aromatic heterocycles. The summed E-state index contributed by atoms with van der Waals surface area (Å²) in [6.45, 7) is 6.49. The Morgan fingerprint density at radius 3 is 2.67 bits per heavy atom. The summed E-state index contributed by atoms with van der Waals surface area (Å²) < 4.78 is 0. The van der Waals surface area contributed by atoms with Crippen molar-refractivity contribution >= 4 is 29.0 Å². The Kier molecular flexibility index (Phi) is 4.62. The van der Waals surface area contributed by atoms with Crippen molar-refractivity contribution in [3.05, 3.63) is 10.4 Å². The van der Waals surface area contributed by atoms with Crippen LogP contribution in [0.1, 0.15) is 33.1 Å². The van der Waals surface area contributed by atoms with Gasteiger partial charge in [-0.1, -0.05) is 25.4 Å². The van der Waals surface area contributed by atoms with Crippen LogP contribution in [0.25, 0.3) is 0 Å². The van der Waals surface area contributed by atoms with Crippen LogP contribution in [0, 0.1) is 11.8 Å². The molecule has 1 aliphatic heterocycles. The summed E-state index contributed by atoms with van der Waals surface area (Å²) in [6.07, 6.45) is 3.58. The fraction of sp³-hybridized carbons (Fsp3) is 0.750. The Hall–Kier alpha value is -0.610. The van der Waals surface area contributed by atoms with Crippen molar-refractivity contribution in [2.45, 2.75) is 33.1 Å². The fourth-order valence-electron chi connectivity index (χ4n) is 2.49. The molecule has 4 nitrogen and oxygen atoms in total. The Morgan fingerprint density at radius 2 is 1.94 bits per heavy atom. The third-order valence-electron chi connectivity index (χ3n) is 3.62. The maximum Gasteiger partial charge on any atom is 0.245 e. The van der Waals surface area contributed by atoms with Crippen LogP contribution in [0.4, 0.5) is 5.82 Å². The SMILES string of the molecule is CC(C)C1CCCN(c2nc(Cl)nnc2Cl)CC1. The number of aromatic nitrogens is 3. The van der Waals surface area contributed by atoms with E-state index in [1.165, 1.54) is 6.42 Å². The summed E-state index contributed by atoms with van der Waals surface area (Å²) >= 11 is 11.8. The predicted octanol–water partition coefficient (Wildman–Crippen LogP) is 3.44. The maximum absolute atomic E-state index is 6.05. The van der Waals surface area contributed by atoms with Gasteiger partial charge in [0, 0.05) is 13.1 Å². The van der Waals surface area contributed by atoms with Crippen LogP contribution < -0.4 is 4.90 Å². The van der Waals surface area contributed by atoms with Crippen LogP contribution >= 0.6 is 23.2 Å². The molecule has 18 heavy (non-hydrogen) atoms. The lowest BCUT2D eigenvalue weighted by Gasteiger charge is -2.22. The summed E-state index contributed by atoms with van der Waals surface area (Å²) in [5, 5.41) is 7.95. The topological polar surface area (TPSA) is 41.9 Å². The normalized spacial score (nSPS) is 21.2. The van der Waals surface area contributed by atoms with Crippen LogP contribution in [0.15, 0.2) is 0 Å². The van der Waals surface area contributed by atoms with Gasteiger partial charge in [-0.15, -0.1) is 10.2 Å². The third-order valence-corrected chi connectivity index (χ3v) is 4.02. The highest BCUT2D eigenvalue weighted by molar-refractivity contribution is 6.32. The highest BCUT2D eigenvalue weighted by Crippen LogP contribution is 2.29. The summed E-state index contributed by atoms with van der Waals surface area (Å²) in [4.78, 5) is 6.37. The molecule has 0 N–H and O–H groups in total. The molecule has 0 aromatic carbocycles. The van der Waals surface area contributed by atoms with E-state index in [2.05, 4.69) is 33.9 Å².